The molecule has 1 fully saturated rings. The Morgan fingerprint density at radius 2 is 2.37 bits per heavy atom. The minimum absolute atomic E-state index is 0.0815. The Bertz CT molecular complexity index is 435. The van der Waals surface area contributed by atoms with Crippen LogP contribution in [0.4, 0.5) is 4.39 Å². The molecule has 19 heavy (non-hydrogen) atoms. The molecule has 1 aliphatic heterocycles. The minimum Gasteiger partial charge on any atom is -0.379 e. The van der Waals surface area contributed by atoms with Gasteiger partial charge in [0.1, 0.15) is 5.67 Å². The fourth-order valence-electron chi connectivity index (χ4n) is 2.40. The molecule has 0 saturated carbocycles. The predicted octanol–water partition coefficient (Wildman–Crippen LogP) is 3.75. The monoisotopic (exact) mass is 349 g/mol. The molecule has 0 aliphatic carbocycles. The number of morpholine rings is 1. The smallest absolute Gasteiger partial charge is 0.113 e. The van der Waals surface area contributed by atoms with Crippen LogP contribution in [0.15, 0.2) is 22.7 Å². The highest BCUT2D eigenvalue weighted by atomic mass is 79.9. The third-order valence-electron chi connectivity index (χ3n) is 3.24. The standard InChI is InChI=1S/C14H18BrClFNO/c1-14(17,8-12-9-19-5-4-18-12)7-10-2-3-11(15)6-13(10)16/h2-3,6,12,18H,4-5,7-9H2,1H3. The van der Waals surface area contributed by atoms with Crippen LogP contribution >= 0.6 is 27.5 Å². The lowest BCUT2D eigenvalue weighted by Crippen LogP contribution is -2.45. The van der Waals surface area contributed by atoms with E-state index in [1.165, 1.54) is 0 Å². The summed E-state index contributed by atoms with van der Waals surface area (Å²) in [5.74, 6) is 0. The van der Waals surface area contributed by atoms with Crippen LogP contribution in [0.1, 0.15) is 18.9 Å². The van der Waals surface area contributed by atoms with E-state index in [1.54, 1.807) is 13.0 Å². The van der Waals surface area contributed by atoms with Crippen LogP contribution in [0, 0.1) is 0 Å². The zero-order chi connectivity index (χ0) is 13.9. The van der Waals surface area contributed by atoms with Crippen molar-refractivity contribution >= 4 is 27.5 Å². The number of rotatable bonds is 4. The van der Waals surface area contributed by atoms with Gasteiger partial charge in [0.05, 0.1) is 13.2 Å². The van der Waals surface area contributed by atoms with Crippen molar-refractivity contribution < 1.29 is 9.13 Å². The first kappa shape index (κ1) is 15.2. The lowest BCUT2D eigenvalue weighted by Gasteiger charge is -2.30. The van der Waals surface area contributed by atoms with Crippen molar-refractivity contribution in [2.45, 2.75) is 31.5 Å². The number of alkyl halides is 1. The molecule has 2 nitrogen and oxygen atoms in total. The van der Waals surface area contributed by atoms with E-state index in [0.29, 0.717) is 31.1 Å². The van der Waals surface area contributed by atoms with E-state index in [2.05, 4.69) is 21.2 Å². The molecule has 2 rings (SSSR count). The van der Waals surface area contributed by atoms with E-state index >= 15 is 0 Å². The second-order valence-electron chi connectivity index (χ2n) is 5.26. The van der Waals surface area contributed by atoms with Crippen molar-refractivity contribution in [2.24, 2.45) is 0 Å². The van der Waals surface area contributed by atoms with Crippen molar-refractivity contribution in [3.8, 4) is 0 Å². The van der Waals surface area contributed by atoms with E-state index in [-0.39, 0.29) is 6.04 Å². The molecular formula is C14H18BrClFNO. The number of ether oxygens (including phenoxy) is 1. The van der Waals surface area contributed by atoms with E-state index in [1.807, 2.05) is 12.1 Å². The Labute approximate surface area is 126 Å². The van der Waals surface area contributed by atoms with Crippen molar-refractivity contribution in [2.75, 3.05) is 19.8 Å². The number of benzene rings is 1. The molecule has 0 bridgehead atoms. The summed E-state index contributed by atoms with van der Waals surface area (Å²) in [5.41, 5.74) is -0.456. The first-order valence-corrected chi connectivity index (χ1v) is 7.57. The highest BCUT2D eigenvalue weighted by Gasteiger charge is 2.29. The summed E-state index contributed by atoms with van der Waals surface area (Å²) >= 11 is 9.49. The molecular weight excluding hydrogens is 333 g/mol. The summed E-state index contributed by atoms with van der Waals surface area (Å²) in [6.07, 6.45) is 0.747. The van der Waals surface area contributed by atoms with Crippen LogP contribution in [0.2, 0.25) is 5.02 Å². The van der Waals surface area contributed by atoms with Gasteiger partial charge in [-0.3, -0.25) is 0 Å². The van der Waals surface area contributed by atoms with Gasteiger partial charge in [-0.1, -0.05) is 33.6 Å². The maximum Gasteiger partial charge on any atom is 0.113 e. The number of halogens is 3. The average molecular weight is 351 g/mol. The summed E-state index contributed by atoms with van der Waals surface area (Å²) < 4.78 is 20.9. The summed E-state index contributed by atoms with van der Waals surface area (Å²) in [4.78, 5) is 0. The van der Waals surface area contributed by atoms with Gasteiger partial charge in [0.25, 0.3) is 0 Å². The molecule has 1 heterocycles. The largest absolute Gasteiger partial charge is 0.379 e. The fourth-order valence-corrected chi connectivity index (χ4v) is 3.14. The summed E-state index contributed by atoms with van der Waals surface area (Å²) in [5, 5.41) is 3.88. The van der Waals surface area contributed by atoms with E-state index in [0.717, 1.165) is 16.6 Å². The van der Waals surface area contributed by atoms with Gasteiger partial charge in [0.15, 0.2) is 0 Å². The number of hydrogen-bond donors (Lipinski definition) is 1. The van der Waals surface area contributed by atoms with Crippen LogP contribution in [-0.4, -0.2) is 31.5 Å². The first-order chi connectivity index (χ1) is 8.96. The molecule has 0 spiro atoms. The van der Waals surface area contributed by atoms with Crippen molar-refractivity contribution in [1.82, 2.24) is 5.32 Å². The van der Waals surface area contributed by atoms with E-state index in [4.69, 9.17) is 16.3 Å². The summed E-state index contributed by atoms with van der Waals surface area (Å²) in [6.45, 7) is 3.70. The lowest BCUT2D eigenvalue weighted by atomic mass is 9.91. The van der Waals surface area contributed by atoms with Gasteiger partial charge < -0.3 is 10.1 Å². The van der Waals surface area contributed by atoms with Crippen LogP contribution in [-0.2, 0) is 11.2 Å². The van der Waals surface area contributed by atoms with Gasteiger partial charge in [-0.15, -0.1) is 0 Å². The van der Waals surface area contributed by atoms with Crippen LogP contribution < -0.4 is 5.32 Å². The van der Waals surface area contributed by atoms with Crippen molar-refractivity contribution in [3.63, 3.8) is 0 Å². The third kappa shape index (κ3) is 4.71. The molecule has 0 radical (unpaired) electrons. The topological polar surface area (TPSA) is 21.3 Å². The van der Waals surface area contributed by atoms with Gasteiger partial charge >= 0.3 is 0 Å². The summed E-state index contributed by atoms with van der Waals surface area (Å²) in [6, 6.07) is 5.64. The first-order valence-electron chi connectivity index (χ1n) is 6.40. The molecule has 1 aliphatic rings. The second-order valence-corrected chi connectivity index (χ2v) is 6.58. The average Bonchev–Trinajstić information content (AvgIpc) is 2.33. The molecule has 1 aromatic carbocycles. The van der Waals surface area contributed by atoms with Crippen LogP contribution in [0.3, 0.4) is 0 Å². The molecule has 0 aromatic heterocycles. The molecule has 1 saturated heterocycles. The van der Waals surface area contributed by atoms with Gasteiger partial charge in [0, 0.05) is 28.5 Å². The maximum atomic E-state index is 14.7. The summed E-state index contributed by atoms with van der Waals surface area (Å²) in [7, 11) is 0. The zero-order valence-corrected chi connectivity index (χ0v) is 13.2. The van der Waals surface area contributed by atoms with E-state index < -0.39 is 5.67 Å². The minimum atomic E-state index is -1.30. The van der Waals surface area contributed by atoms with E-state index in [9.17, 15) is 4.39 Å². The van der Waals surface area contributed by atoms with Crippen LogP contribution in [0.5, 0.6) is 0 Å². The lowest BCUT2D eigenvalue weighted by molar-refractivity contribution is 0.0483. The third-order valence-corrected chi connectivity index (χ3v) is 4.09. The van der Waals surface area contributed by atoms with Crippen LogP contribution in [0.25, 0.3) is 0 Å². The normalized spacial score (nSPS) is 23.1. The van der Waals surface area contributed by atoms with Gasteiger partial charge in [-0.25, -0.2) is 4.39 Å². The molecule has 1 N–H and O–H groups in total. The number of hydrogen-bond acceptors (Lipinski definition) is 2. The molecule has 1 aromatic rings. The van der Waals surface area contributed by atoms with Gasteiger partial charge in [-0.05, 0) is 31.0 Å². The molecule has 106 valence electrons. The van der Waals surface area contributed by atoms with Gasteiger partial charge in [0.2, 0.25) is 0 Å². The Balaban J connectivity index is 1.99. The molecule has 2 unspecified atom stereocenters. The fraction of sp³-hybridized carbons (Fsp3) is 0.571. The number of nitrogens with one attached hydrogen (secondary N) is 1. The second kappa shape index (κ2) is 6.53. The Morgan fingerprint density at radius 1 is 1.58 bits per heavy atom. The Morgan fingerprint density at radius 3 is 3.00 bits per heavy atom. The Kier molecular flexibility index (Phi) is 5.23. The Hall–Kier alpha value is -0.160. The van der Waals surface area contributed by atoms with Gasteiger partial charge in [-0.2, -0.15) is 0 Å². The van der Waals surface area contributed by atoms with Crippen molar-refractivity contribution in [1.29, 1.82) is 0 Å². The molecule has 0 amide bonds. The van der Waals surface area contributed by atoms with Crippen molar-refractivity contribution in [3.05, 3.63) is 33.3 Å². The SMILES string of the molecule is CC(F)(Cc1ccc(Br)cc1Cl)CC1COCCN1. The molecule has 5 heteroatoms. The quantitative estimate of drug-likeness (QED) is 0.893. The molecule has 2 atom stereocenters. The highest BCUT2D eigenvalue weighted by Crippen LogP contribution is 2.29. The maximum absolute atomic E-state index is 14.7. The zero-order valence-electron chi connectivity index (χ0n) is 10.9. The highest BCUT2D eigenvalue weighted by molar-refractivity contribution is 9.10. The predicted molar refractivity (Wildman–Crippen MR) is 79.6 cm³/mol.